The summed E-state index contributed by atoms with van der Waals surface area (Å²) >= 11 is 0. The van der Waals surface area contributed by atoms with E-state index >= 15 is 0 Å². The Bertz CT molecular complexity index is 815. The van der Waals surface area contributed by atoms with Crippen LogP contribution in [0.1, 0.15) is 44.2 Å². The molecule has 1 fully saturated rings. The second kappa shape index (κ2) is 8.41. The van der Waals surface area contributed by atoms with Crippen molar-refractivity contribution < 1.29 is 29.2 Å². The van der Waals surface area contributed by atoms with E-state index in [9.17, 15) is 15.0 Å². The van der Waals surface area contributed by atoms with Gasteiger partial charge >= 0.3 is 6.09 Å². The highest BCUT2D eigenvalue weighted by atomic mass is 16.6. The van der Waals surface area contributed by atoms with Crippen LogP contribution in [0.15, 0.2) is 54.6 Å². The molecule has 1 aliphatic heterocycles. The Labute approximate surface area is 170 Å². The molecular weight excluding hydrogens is 374 g/mol. The van der Waals surface area contributed by atoms with Gasteiger partial charge in [0.1, 0.15) is 17.5 Å². The number of nitrogens with zero attached hydrogens (tertiary/aromatic N) is 1. The number of benzene rings is 2. The summed E-state index contributed by atoms with van der Waals surface area (Å²) in [6.07, 6.45) is -4.28. The van der Waals surface area contributed by atoms with E-state index in [2.05, 4.69) is 0 Å². The predicted octanol–water partition coefficient (Wildman–Crippen LogP) is 3.38. The molecule has 1 aliphatic rings. The number of rotatable bonds is 4. The van der Waals surface area contributed by atoms with Crippen LogP contribution in [-0.4, -0.2) is 46.3 Å². The molecular formula is C22H27NO6. The Morgan fingerprint density at radius 3 is 2.17 bits per heavy atom. The van der Waals surface area contributed by atoms with E-state index in [4.69, 9.17) is 14.2 Å². The van der Waals surface area contributed by atoms with E-state index in [-0.39, 0.29) is 0 Å². The van der Waals surface area contributed by atoms with Gasteiger partial charge in [0, 0.05) is 5.56 Å². The van der Waals surface area contributed by atoms with Crippen LogP contribution >= 0.6 is 0 Å². The smallest absolute Gasteiger partial charge is 0.413 e. The molecule has 0 aromatic heterocycles. The zero-order valence-corrected chi connectivity index (χ0v) is 17.0. The largest absolute Gasteiger partial charge is 0.497 e. The molecule has 29 heavy (non-hydrogen) atoms. The van der Waals surface area contributed by atoms with Gasteiger partial charge in [0.25, 0.3) is 0 Å². The van der Waals surface area contributed by atoms with Gasteiger partial charge in [0.2, 0.25) is 0 Å². The van der Waals surface area contributed by atoms with Crippen molar-refractivity contribution in [3.05, 3.63) is 65.7 Å². The van der Waals surface area contributed by atoms with Gasteiger partial charge in [0.05, 0.1) is 13.2 Å². The number of hydrogen-bond donors (Lipinski definition) is 2. The van der Waals surface area contributed by atoms with Crippen molar-refractivity contribution in [2.45, 2.75) is 51.0 Å². The third kappa shape index (κ3) is 4.70. The normalized spacial score (nSPS) is 22.0. The summed E-state index contributed by atoms with van der Waals surface area (Å²) in [7, 11) is 1.57. The highest BCUT2D eigenvalue weighted by molar-refractivity contribution is 5.70. The van der Waals surface area contributed by atoms with Crippen LogP contribution in [0.3, 0.4) is 0 Å². The first-order valence-electron chi connectivity index (χ1n) is 9.43. The molecule has 2 N–H and O–H groups in total. The van der Waals surface area contributed by atoms with Gasteiger partial charge < -0.3 is 24.4 Å². The lowest BCUT2D eigenvalue weighted by Crippen LogP contribution is -2.41. The molecule has 2 aromatic carbocycles. The monoisotopic (exact) mass is 401 g/mol. The van der Waals surface area contributed by atoms with E-state index in [1.54, 1.807) is 52.1 Å². The molecule has 1 heterocycles. The Kier molecular flexibility index (Phi) is 6.12. The van der Waals surface area contributed by atoms with Gasteiger partial charge in [-0.15, -0.1) is 0 Å². The molecule has 0 saturated carbocycles. The molecule has 2 aromatic rings. The van der Waals surface area contributed by atoms with Gasteiger partial charge in [-0.25, -0.2) is 4.79 Å². The zero-order valence-electron chi connectivity index (χ0n) is 17.0. The number of hydrogen-bond acceptors (Lipinski definition) is 6. The summed E-state index contributed by atoms with van der Waals surface area (Å²) < 4.78 is 16.8. The average Bonchev–Trinajstić information content (AvgIpc) is 3.08. The standard InChI is InChI=1S/C22H27NO6/c1-22(2,3)29-21(26)23-17(14-8-6-5-7-9-14)18(20(24)25)28-19(23)15-10-12-16(27-4)13-11-15/h5-13,17-20,24-25H,1-4H3/t17-,18+,19-/m0/s1. The Balaban J connectivity index is 2.06. The van der Waals surface area contributed by atoms with Gasteiger partial charge in [-0.2, -0.15) is 0 Å². The fourth-order valence-corrected chi connectivity index (χ4v) is 3.36. The highest BCUT2D eigenvalue weighted by Gasteiger charge is 2.50. The first-order chi connectivity index (χ1) is 13.7. The van der Waals surface area contributed by atoms with Crippen LogP contribution in [0.25, 0.3) is 0 Å². The van der Waals surface area contributed by atoms with Crippen molar-refractivity contribution >= 4 is 6.09 Å². The van der Waals surface area contributed by atoms with Crippen LogP contribution in [0.5, 0.6) is 5.75 Å². The summed E-state index contributed by atoms with van der Waals surface area (Å²) in [5.74, 6) is 0.661. The second-order valence-corrected chi connectivity index (χ2v) is 7.88. The van der Waals surface area contributed by atoms with Gasteiger partial charge in [-0.1, -0.05) is 42.5 Å². The zero-order chi connectivity index (χ0) is 21.2. The number of aliphatic hydroxyl groups is 2. The summed E-state index contributed by atoms with van der Waals surface area (Å²) in [6.45, 7) is 5.33. The summed E-state index contributed by atoms with van der Waals surface area (Å²) in [5.41, 5.74) is 0.659. The van der Waals surface area contributed by atoms with Gasteiger partial charge in [0.15, 0.2) is 12.5 Å². The third-order valence-electron chi connectivity index (χ3n) is 4.59. The van der Waals surface area contributed by atoms with Crippen LogP contribution in [0, 0.1) is 0 Å². The number of aliphatic hydroxyl groups excluding tert-OH is 1. The quantitative estimate of drug-likeness (QED) is 0.764. The minimum atomic E-state index is -1.78. The maximum atomic E-state index is 13.2. The maximum Gasteiger partial charge on any atom is 0.413 e. The number of ether oxygens (including phenoxy) is 3. The number of carbonyl (C=O) groups excluding carboxylic acids is 1. The molecule has 0 bridgehead atoms. The van der Waals surface area contributed by atoms with Crippen molar-refractivity contribution in [2.24, 2.45) is 0 Å². The van der Waals surface area contributed by atoms with Crippen molar-refractivity contribution in [3.63, 3.8) is 0 Å². The predicted molar refractivity (Wildman–Crippen MR) is 106 cm³/mol. The number of methoxy groups -OCH3 is 1. The summed E-state index contributed by atoms with van der Waals surface area (Å²) in [5, 5.41) is 20.0. The lowest BCUT2D eigenvalue weighted by atomic mass is 10.00. The lowest BCUT2D eigenvalue weighted by molar-refractivity contribution is -0.145. The molecule has 7 nitrogen and oxygen atoms in total. The summed E-state index contributed by atoms with van der Waals surface area (Å²) in [6, 6.07) is 15.5. The molecule has 0 radical (unpaired) electrons. The molecule has 1 saturated heterocycles. The van der Waals surface area contributed by atoms with Crippen LogP contribution in [0.2, 0.25) is 0 Å². The van der Waals surface area contributed by atoms with E-state index in [0.29, 0.717) is 16.9 Å². The fraction of sp³-hybridized carbons (Fsp3) is 0.409. The van der Waals surface area contributed by atoms with Crippen molar-refractivity contribution in [3.8, 4) is 5.75 Å². The Morgan fingerprint density at radius 2 is 1.66 bits per heavy atom. The molecule has 0 unspecified atom stereocenters. The van der Waals surface area contributed by atoms with Crippen LogP contribution in [-0.2, 0) is 9.47 Å². The second-order valence-electron chi connectivity index (χ2n) is 7.88. The first-order valence-corrected chi connectivity index (χ1v) is 9.43. The van der Waals surface area contributed by atoms with Crippen LogP contribution in [0.4, 0.5) is 4.79 Å². The Morgan fingerprint density at radius 1 is 1.03 bits per heavy atom. The molecule has 7 heteroatoms. The van der Waals surface area contributed by atoms with E-state index in [1.165, 1.54) is 4.90 Å². The Hall–Kier alpha value is -2.61. The van der Waals surface area contributed by atoms with E-state index < -0.39 is 36.4 Å². The lowest BCUT2D eigenvalue weighted by Gasteiger charge is -2.32. The molecule has 3 rings (SSSR count). The number of carbonyl (C=O) groups is 1. The molecule has 156 valence electrons. The highest BCUT2D eigenvalue weighted by Crippen LogP contribution is 2.45. The maximum absolute atomic E-state index is 13.2. The van der Waals surface area contributed by atoms with Crippen LogP contribution < -0.4 is 4.74 Å². The van der Waals surface area contributed by atoms with Gasteiger partial charge in [-0.3, -0.25) is 4.90 Å². The molecule has 3 atom stereocenters. The topological polar surface area (TPSA) is 88.5 Å². The van der Waals surface area contributed by atoms with E-state index in [1.807, 2.05) is 30.3 Å². The minimum absolute atomic E-state index is 0.602. The SMILES string of the molecule is COc1ccc([C@@H]2O[C@@H](C(O)O)[C@H](c3ccccc3)N2C(=O)OC(C)(C)C)cc1. The van der Waals surface area contributed by atoms with Crippen molar-refractivity contribution in [1.29, 1.82) is 0 Å². The van der Waals surface area contributed by atoms with Crippen molar-refractivity contribution in [2.75, 3.05) is 7.11 Å². The first kappa shape index (κ1) is 21.1. The average molecular weight is 401 g/mol. The third-order valence-corrected chi connectivity index (χ3v) is 4.59. The minimum Gasteiger partial charge on any atom is -0.497 e. The fourth-order valence-electron chi connectivity index (χ4n) is 3.36. The molecule has 0 aliphatic carbocycles. The van der Waals surface area contributed by atoms with E-state index in [0.717, 1.165) is 0 Å². The number of amides is 1. The van der Waals surface area contributed by atoms with Gasteiger partial charge in [-0.05, 0) is 38.5 Å². The summed E-state index contributed by atoms with van der Waals surface area (Å²) in [4.78, 5) is 14.6. The molecule has 1 amide bonds. The van der Waals surface area contributed by atoms with Crippen molar-refractivity contribution in [1.82, 2.24) is 4.90 Å². The molecule has 0 spiro atoms.